The minimum atomic E-state index is -3.64. The van der Waals surface area contributed by atoms with Crippen LogP contribution in [-0.4, -0.2) is 26.2 Å². The molecule has 0 aromatic heterocycles. The average Bonchev–Trinajstić information content (AvgIpc) is 2.93. The molecule has 3 rings (SSSR count). The lowest BCUT2D eigenvalue weighted by Gasteiger charge is -2.16. The van der Waals surface area contributed by atoms with Crippen molar-refractivity contribution in [1.29, 1.82) is 0 Å². The highest BCUT2D eigenvalue weighted by Gasteiger charge is 2.32. The number of nitrogens with zero attached hydrogens (tertiary/aromatic N) is 1. The van der Waals surface area contributed by atoms with Crippen LogP contribution in [-0.2, 0) is 21.2 Å². The molecule has 1 atom stereocenters. The highest BCUT2D eigenvalue weighted by Crippen LogP contribution is 2.24. The first-order valence-corrected chi connectivity index (χ1v) is 11.4. The van der Waals surface area contributed by atoms with Crippen molar-refractivity contribution >= 4 is 27.5 Å². The summed E-state index contributed by atoms with van der Waals surface area (Å²) in [4.78, 5) is 17.6. The Kier molecular flexibility index (Phi) is 6.37. The topological polar surface area (TPSA) is 87.6 Å². The predicted molar refractivity (Wildman–Crippen MR) is 116 cm³/mol. The zero-order valence-electron chi connectivity index (χ0n) is 17.0. The third-order valence-electron chi connectivity index (χ3n) is 4.71. The lowest BCUT2D eigenvalue weighted by molar-refractivity contribution is -0.117. The van der Waals surface area contributed by atoms with Crippen LogP contribution in [0.25, 0.3) is 0 Å². The maximum Gasteiger partial charge on any atom is 0.263 e. The number of carbonyl (C=O) groups is 1. The molecule has 154 valence electrons. The van der Waals surface area contributed by atoms with Gasteiger partial charge in [0.05, 0.1) is 4.90 Å². The zero-order valence-corrected chi connectivity index (χ0v) is 17.8. The number of fused-ring (bicyclic) bond motifs is 1. The molecule has 6 nitrogen and oxygen atoms in total. The minimum absolute atomic E-state index is 0.189. The number of anilines is 1. The van der Waals surface area contributed by atoms with Gasteiger partial charge in [-0.15, -0.1) is 0 Å². The maximum atomic E-state index is 12.9. The molecule has 1 unspecified atom stereocenters. The molecule has 29 heavy (non-hydrogen) atoms. The molecule has 1 heterocycles. The number of hydrogen-bond acceptors (Lipinski definition) is 4. The van der Waals surface area contributed by atoms with Gasteiger partial charge in [0.25, 0.3) is 10.0 Å². The number of amidine groups is 1. The number of amides is 1. The average molecular weight is 414 g/mol. The zero-order chi connectivity index (χ0) is 21.0. The Hall–Kier alpha value is -2.67. The van der Waals surface area contributed by atoms with E-state index in [4.69, 9.17) is 0 Å². The fraction of sp³-hybridized carbons (Fsp3) is 0.364. The second-order valence-corrected chi connectivity index (χ2v) is 9.31. The number of aryl methyl sites for hydroxylation is 1. The van der Waals surface area contributed by atoms with Gasteiger partial charge in [-0.05, 0) is 48.6 Å². The van der Waals surface area contributed by atoms with Crippen LogP contribution in [0.2, 0.25) is 0 Å². The number of sulfonamides is 1. The Bertz CT molecular complexity index is 1010. The van der Waals surface area contributed by atoms with Crippen LogP contribution >= 0.6 is 0 Å². The van der Waals surface area contributed by atoms with Gasteiger partial charge < -0.3 is 5.32 Å². The van der Waals surface area contributed by atoms with E-state index >= 15 is 0 Å². The quantitative estimate of drug-likeness (QED) is 0.725. The fourth-order valence-corrected chi connectivity index (χ4v) is 4.56. The van der Waals surface area contributed by atoms with Gasteiger partial charge in [0.2, 0.25) is 5.91 Å². The van der Waals surface area contributed by atoms with Crippen molar-refractivity contribution < 1.29 is 13.2 Å². The highest BCUT2D eigenvalue weighted by atomic mass is 32.2. The number of nitrogens with one attached hydrogen (secondary N) is 2. The van der Waals surface area contributed by atoms with Crippen molar-refractivity contribution in [3.8, 4) is 0 Å². The normalized spacial score (nSPS) is 17.0. The van der Waals surface area contributed by atoms with Gasteiger partial charge >= 0.3 is 0 Å². The van der Waals surface area contributed by atoms with Crippen molar-refractivity contribution in [2.24, 2.45) is 10.9 Å². The van der Waals surface area contributed by atoms with Crippen LogP contribution in [0.5, 0.6) is 0 Å². The number of aliphatic imine (C=N–C) groups is 1. The van der Waals surface area contributed by atoms with E-state index in [9.17, 15) is 13.2 Å². The molecule has 2 N–H and O–H groups in total. The standard InChI is InChI=1S/C22H27N3O3S/c1-4-7-16-10-12-17(13-11-16)23-22(26)19(14-15(2)3)24-21-18-8-5-6-9-20(18)29(27,28)25-21/h5-6,8-13,15,19H,4,7,14H2,1-3H3,(H,23,26)(H,24,25). The molecule has 1 amide bonds. The van der Waals surface area contributed by atoms with Crippen molar-refractivity contribution in [1.82, 2.24) is 4.72 Å². The summed E-state index contributed by atoms with van der Waals surface area (Å²) in [6.07, 6.45) is 2.57. The molecule has 0 bridgehead atoms. The highest BCUT2D eigenvalue weighted by molar-refractivity contribution is 7.90. The Balaban J connectivity index is 1.85. The van der Waals surface area contributed by atoms with E-state index < -0.39 is 16.1 Å². The number of carbonyl (C=O) groups excluding carboxylic acids is 1. The van der Waals surface area contributed by atoms with Gasteiger partial charge in [0, 0.05) is 11.3 Å². The molecular weight excluding hydrogens is 386 g/mol. The first kappa shape index (κ1) is 21.0. The van der Waals surface area contributed by atoms with Crippen molar-refractivity contribution in [3.63, 3.8) is 0 Å². The van der Waals surface area contributed by atoms with Crippen molar-refractivity contribution in [3.05, 3.63) is 59.7 Å². The van der Waals surface area contributed by atoms with Crippen LogP contribution in [0, 0.1) is 5.92 Å². The Labute approximate surface area is 172 Å². The van der Waals surface area contributed by atoms with Gasteiger partial charge in [-0.1, -0.05) is 51.5 Å². The van der Waals surface area contributed by atoms with Crippen molar-refractivity contribution in [2.75, 3.05) is 5.32 Å². The van der Waals surface area contributed by atoms with Crippen LogP contribution in [0.15, 0.2) is 58.4 Å². The summed E-state index contributed by atoms with van der Waals surface area (Å²) >= 11 is 0. The third kappa shape index (κ3) is 5.03. The summed E-state index contributed by atoms with van der Waals surface area (Å²) in [5.74, 6) is 0.188. The van der Waals surface area contributed by atoms with Gasteiger partial charge in [0.15, 0.2) is 0 Å². The van der Waals surface area contributed by atoms with Crippen LogP contribution in [0.4, 0.5) is 5.69 Å². The smallest absolute Gasteiger partial charge is 0.263 e. The molecule has 1 aliphatic heterocycles. The maximum absolute atomic E-state index is 12.9. The number of rotatable bonds is 7. The molecule has 1 aliphatic rings. The van der Waals surface area contributed by atoms with E-state index in [1.54, 1.807) is 18.2 Å². The lowest BCUT2D eigenvalue weighted by Crippen LogP contribution is -2.31. The van der Waals surface area contributed by atoms with Gasteiger partial charge in [0.1, 0.15) is 11.9 Å². The van der Waals surface area contributed by atoms with Gasteiger partial charge in [-0.25, -0.2) is 8.42 Å². The first-order chi connectivity index (χ1) is 13.8. The van der Waals surface area contributed by atoms with E-state index in [-0.39, 0.29) is 22.6 Å². The molecule has 0 aliphatic carbocycles. The second-order valence-electron chi connectivity index (χ2n) is 7.66. The molecule has 2 aromatic rings. The molecule has 0 saturated heterocycles. The SMILES string of the molecule is CCCc1ccc(NC(=O)C(CC(C)C)N=C2NS(=O)(=O)c3ccccc32)cc1. The molecule has 2 aromatic carbocycles. The molecular formula is C22H27N3O3S. The Morgan fingerprint density at radius 3 is 2.45 bits per heavy atom. The summed E-state index contributed by atoms with van der Waals surface area (Å²) in [5, 5.41) is 2.91. The Morgan fingerprint density at radius 2 is 1.79 bits per heavy atom. The fourth-order valence-electron chi connectivity index (χ4n) is 3.32. The Morgan fingerprint density at radius 1 is 1.10 bits per heavy atom. The van der Waals surface area contributed by atoms with Crippen molar-refractivity contribution in [2.45, 2.75) is 51.0 Å². The summed E-state index contributed by atoms with van der Waals surface area (Å²) in [5.41, 5.74) is 2.43. The lowest BCUT2D eigenvalue weighted by atomic mass is 10.0. The number of benzene rings is 2. The van der Waals surface area contributed by atoms with E-state index in [1.165, 1.54) is 11.6 Å². The van der Waals surface area contributed by atoms with E-state index in [2.05, 4.69) is 22.0 Å². The third-order valence-corrected chi connectivity index (χ3v) is 6.10. The summed E-state index contributed by atoms with van der Waals surface area (Å²) in [7, 11) is -3.64. The van der Waals surface area contributed by atoms with Gasteiger partial charge in [-0.3, -0.25) is 14.5 Å². The van der Waals surface area contributed by atoms with Gasteiger partial charge in [-0.2, -0.15) is 0 Å². The summed E-state index contributed by atoms with van der Waals surface area (Å²) in [6, 6.07) is 13.7. The van der Waals surface area contributed by atoms with Crippen LogP contribution in [0.1, 0.15) is 44.7 Å². The molecule has 0 fully saturated rings. The van der Waals surface area contributed by atoms with E-state index in [0.29, 0.717) is 17.7 Å². The first-order valence-electron chi connectivity index (χ1n) is 9.90. The monoisotopic (exact) mass is 413 g/mol. The number of hydrogen-bond donors (Lipinski definition) is 2. The minimum Gasteiger partial charge on any atom is -0.324 e. The molecule has 7 heteroatoms. The molecule has 0 radical (unpaired) electrons. The summed E-state index contributed by atoms with van der Waals surface area (Å²) < 4.78 is 27.1. The van der Waals surface area contributed by atoms with E-state index in [1.807, 2.05) is 38.1 Å². The summed E-state index contributed by atoms with van der Waals surface area (Å²) in [6.45, 7) is 6.14. The predicted octanol–water partition coefficient (Wildman–Crippen LogP) is 3.73. The largest absolute Gasteiger partial charge is 0.324 e. The molecule has 0 saturated carbocycles. The van der Waals surface area contributed by atoms with Crippen LogP contribution in [0.3, 0.4) is 0 Å². The van der Waals surface area contributed by atoms with E-state index in [0.717, 1.165) is 12.8 Å². The van der Waals surface area contributed by atoms with Crippen LogP contribution < -0.4 is 10.0 Å². The second kappa shape index (κ2) is 8.78. The molecule has 0 spiro atoms.